The Morgan fingerprint density at radius 3 is 3.18 bits per heavy atom. The molecule has 2 aliphatic heterocycles. The molecule has 0 radical (unpaired) electrons. The zero-order chi connectivity index (χ0) is 7.68. The summed E-state index contributed by atoms with van der Waals surface area (Å²) in [7, 11) is 1.75. The molecule has 0 saturated carbocycles. The molecule has 0 N–H and O–H groups in total. The van der Waals surface area contributed by atoms with Crippen LogP contribution in [-0.4, -0.2) is 50.5 Å². The average Bonchev–Trinajstić information content (AvgIpc) is 2.78. The summed E-state index contributed by atoms with van der Waals surface area (Å²) in [6, 6.07) is 0. The summed E-state index contributed by atoms with van der Waals surface area (Å²) in [4.78, 5) is 2.41. The second-order valence-corrected chi connectivity index (χ2v) is 3.30. The minimum Gasteiger partial charge on any atom is -0.383 e. The van der Waals surface area contributed by atoms with Crippen LogP contribution < -0.4 is 0 Å². The molecule has 3 heteroatoms. The summed E-state index contributed by atoms with van der Waals surface area (Å²) in [6.45, 7) is 4.21. The van der Waals surface area contributed by atoms with Crippen molar-refractivity contribution < 1.29 is 9.47 Å². The molecule has 11 heavy (non-hydrogen) atoms. The molecule has 3 nitrogen and oxygen atoms in total. The van der Waals surface area contributed by atoms with Gasteiger partial charge in [0.2, 0.25) is 0 Å². The van der Waals surface area contributed by atoms with Gasteiger partial charge in [0.1, 0.15) is 0 Å². The van der Waals surface area contributed by atoms with Crippen molar-refractivity contribution in [3.05, 3.63) is 0 Å². The lowest BCUT2D eigenvalue weighted by Gasteiger charge is -2.23. The molecule has 2 fully saturated rings. The number of hydrogen-bond acceptors (Lipinski definition) is 3. The third-order valence-electron chi connectivity index (χ3n) is 2.47. The van der Waals surface area contributed by atoms with Gasteiger partial charge in [0, 0.05) is 26.7 Å². The van der Waals surface area contributed by atoms with Gasteiger partial charge in [-0.05, 0) is 6.42 Å². The highest BCUT2D eigenvalue weighted by atomic mass is 16.6. The Morgan fingerprint density at radius 1 is 1.55 bits per heavy atom. The van der Waals surface area contributed by atoms with E-state index in [0.717, 1.165) is 19.7 Å². The highest BCUT2D eigenvalue weighted by Crippen LogP contribution is 2.30. The van der Waals surface area contributed by atoms with Gasteiger partial charge in [-0.3, -0.25) is 4.90 Å². The lowest BCUT2D eigenvalue weighted by molar-refractivity contribution is 0.140. The van der Waals surface area contributed by atoms with E-state index in [4.69, 9.17) is 9.47 Å². The first-order valence-electron chi connectivity index (χ1n) is 4.27. The quantitative estimate of drug-likeness (QED) is 0.543. The fourth-order valence-electron chi connectivity index (χ4n) is 1.67. The maximum Gasteiger partial charge on any atom is 0.0968 e. The van der Waals surface area contributed by atoms with E-state index in [0.29, 0.717) is 12.2 Å². The van der Waals surface area contributed by atoms with Crippen LogP contribution in [-0.2, 0) is 9.47 Å². The molecule has 2 rings (SSSR count). The summed E-state index contributed by atoms with van der Waals surface area (Å²) < 4.78 is 10.4. The van der Waals surface area contributed by atoms with Gasteiger partial charge >= 0.3 is 0 Å². The Morgan fingerprint density at radius 2 is 2.45 bits per heavy atom. The van der Waals surface area contributed by atoms with Crippen molar-refractivity contribution in [2.75, 3.05) is 33.4 Å². The number of epoxide rings is 1. The molecular formula is C8H15NO2. The maximum absolute atomic E-state index is 5.41. The summed E-state index contributed by atoms with van der Waals surface area (Å²) in [5, 5.41) is 0. The van der Waals surface area contributed by atoms with Crippen LogP contribution in [0.1, 0.15) is 6.42 Å². The maximum atomic E-state index is 5.41. The zero-order valence-corrected chi connectivity index (χ0v) is 6.95. The Kier molecular flexibility index (Phi) is 2.11. The number of ether oxygens (including phenoxy) is 2. The third-order valence-corrected chi connectivity index (χ3v) is 2.47. The first-order valence-corrected chi connectivity index (χ1v) is 4.27. The third kappa shape index (κ3) is 1.72. The predicted molar refractivity (Wildman–Crippen MR) is 41.6 cm³/mol. The largest absolute Gasteiger partial charge is 0.383 e. The van der Waals surface area contributed by atoms with E-state index in [1.807, 2.05) is 0 Å². The second-order valence-electron chi connectivity index (χ2n) is 3.30. The summed E-state index contributed by atoms with van der Waals surface area (Å²) >= 11 is 0. The zero-order valence-electron chi connectivity index (χ0n) is 6.95. The molecule has 2 aliphatic rings. The van der Waals surface area contributed by atoms with Crippen molar-refractivity contribution in [1.82, 2.24) is 4.90 Å². The van der Waals surface area contributed by atoms with Gasteiger partial charge in [0.05, 0.1) is 18.8 Å². The fraction of sp³-hybridized carbons (Fsp3) is 1.00. The number of piperidine rings is 1. The van der Waals surface area contributed by atoms with Gasteiger partial charge in [-0.1, -0.05) is 0 Å². The number of hydrogen-bond donors (Lipinski definition) is 0. The summed E-state index contributed by atoms with van der Waals surface area (Å²) in [6.07, 6.45) is 2.38. The smallest absolute Gasteiger partial charge is 0.0968 e. The van der Waals surface area contributed by atoms with Gasteiger partial charge in [0.15, 0.2) is 0 Å². The van der Waals surface area contributed by atoms with E-state index < -0.39 is 0 Å². The Bertz CT molecular complexity index is 140. The van der Waals surface area contributed by atoms with E-state index in [9.17, 15) is 0 Å². The van der Waals surface area contributed by atoms with Crippen LogP contribution in [0.15, 0.2) is 0 Å². The SMILES string of the molecule is COCCN1CC[C@@H]2O[C@H]2C1. The molecule has 64 valence electrons. The van der Waals surface area contributed by atoms with Crippen molar-refractivity contribution in [3.8, 4) is 0 Å². The van der Waals surface area contributed by atoms with Crippen molar-refractivity contribution >= 4 is 0 Å². The predicted octanol–water partition coefficient (Wildman–Crippen LogP) is 0.106. The first kappa shape index (κ1) is 7.53. The van der Waals surface area contributed by atoms with Crippen molar-refractivity contribution in [2.45, 2.75) is 18.6 Å². The van der Waals surface area contributed by atoms with Crippen molar-refractivity contribution in [3.63, 3.8) is 0 Å². The van der Waals surface area contributed by atoms with Gasteiger partial charge in [-0.25, -0.2) is 0 Å². The molecule has 0 aliphatic carbocycles. The highest BCUT2D eigenvalue weighted by Gasteiger charge is 2.42. The standard InChI is InChI=1S/C8H15NO2/c1-10-5-4-9-3-2-7-8(6-9)11-7/h7-8H,2-6H2,1H3/t7-,8-/m0/s1. The Hall–Kier alpha value is -0.120. The second kappa shape index (κ2) is 3.09. The summed E-state index contributed by atoms with van der Waals surface area (Å²) in [5.41, 5.74) is 0. The van der Waals surface area contributed by atoms with Crippen LogP contribution in [0.4, 0.5) is 0 Å². The monoisotopic (exact) mass is 157 g/mol. The molecule has 0 unspecified atom stereocenters. The molecule has 2 saturated heterocycles. The Balaban J connectivity index is 1.68. The lowest BCUT2D eigenvalue weighted by atomic mass is 10.1. The molecule has 2 heterocycles. The number of likely N-dealkylation sites (tertiary alicyclic amines) is 1. The molecular weight excluding hydrogens is 142 g/mol. The van der Waals surface area contributed by atoms with E-state index in [1.54, 1.807) is 7.11 Å². The number of nitrogens with zero attached hydrogens (tertiary/aromatic N) is 1. The lowest BCUT2D eigenvalue weighted by Crippen LogP contribution is -2.36. The van der Waals surface area contributed by atoms with Crippen LogP contribution in [0.5, 0.6) is 0 Å². The molecule has 0 aromatic carbocycles. The van der Waals surface area contributed by atoms with Crippen LogP contribution in [0.3, 0.4) is 0 Å². The molecule has 0 aromatic rings. The van der Waals surface area contributed by atoms with Crippen LogP contribution >= 0.6 is 0 Å². The molecule has 0 amide bonds. The number of fused-ring (bicyclic) bond motifs is 1. The highest BCUT2D eigenvalue weighted by molar-refractivity contribution is 4.92. The normalized spacial score (nSPS) is 36.8. The van der Waals surface area contributed by atoms with Crippen LogP contribution in [0.2, 0.25) is 0 Å². The fourth-order valence-corrected chi connectivity index (χ4v) is 1.67. The molecule has 0 aromatic heterocycles. The van der Waals surface area contributed by atoms with E-state index in [1.165, 1.54) is 13.0 Å². The molecule has 0 spiro atoms. The van der Waals surface area contributed by atoms with Crippen LogP contribution in [0.25, 0.3) is 0 Å². The first-order chi connectivity index (χ1) is 5.40. The number of methoxy groups -OCH3 is 1. The summed E-state index contributed by atoms with van der Waals surface area (Å²) in [5.74, 6) is 0. The van der Waals surface area contributed by atoms with Crippen LogP contribution in [0, 0.1) is 0 Å². The number of rotatable bonds is 3. The topological polar surface area (TPSA) is 25.0 Å². The van der Waals surface area contributed by atoms with E-state index in [-0.39, 0.29) is 0 Å². The van der Waals surface area contributed by atoms with Gasteiger partial charge in [-0.15, -0.1) is 0 Å². The van der Waals surface area contributed by atoms with Gasteiger partial charge in [0.25, 0.3) is 0 Å². The van der Waals surface area contributed by atoms with E-state index >= 15 is 0 Å². The minimum atomic E-state index is 0.556. The van der Waals surface area contributed by atoms with Crippen molar-refractivity contribution in [1.29, 1.82) is 0 Å². The molecule has 2 atom stereocenters. The minimum absolute atomic E-state index is 0.556. The van der Waals surface area contributed by atoms with Gasteiger partial charge in [-0.2, -0.15) is 0 Å². The van der Waals surface area contributed by atoms with Crippen molar-refractivity contribution in [2.24, 2.45) is 0 Å². The van der Waals surface area contributed by atoms with Gasteiger partial charge < -0.3 is 9.47 Å². The average molecular weight is 157 g/mol. The van der Waals surface area contributed by atoms with E-state index in [2.05, 4.69) is 4.90 Å². The Labute approximate surface area is 67.3 Å². The molecule has 0 bridgehead atoms.